The van der Waals surface area contributed by atoms with E-state index in [4.69, 9.17) is 5.73 Å². The summed E-state index contributed by atoms with van der Waals surface area (Å²) in [6, 6.07) is 4.40. The van der Waals surface area contributed by atoms with Gasteiger partial charge in [-0.2, -0.15) is 0 Å². The van der Waals surface area contributed by atoms with Crippen molar-refractivity contribution in [2.24, 2.45) is 11.7 Å². The summed E-state index contributed by atoms with van der Waals surface area (Å²) in [4.78, 5) is 7.65. The Morgan fingerprint density at radius 1 is 1.28 bits per heavy atom. The van der Waals surface area contributed by atoms with E-state index in [1.165, 1.54) is 42.2 Å². The molecule has 1 saturated heterocycles. The maximum absolute atomic E-state index is 5.65. The highest BCUT2D eigenvalue weighted by Gasteiger charge is 2.19. The molecule has 0 unspecified atom stereocenters. The third-order valence-electron chi connectivity index (χ3n) is 3.63. The minimum absolute atomic E-state index is 0.676. The maximum Gasteiger partial charge on any atom is 0.0328 e. The van der Waals surface area contributed by atoms with E-state index in [-0.39, 0.29) is 0 Å². The second-order valence-electron chi connectivity index (χ2n) is 5.55. The lowest BCUT2D eigenvalue weighted by Gasteiger charge is -2.32. The molecule has 3 nitrogen and oxygen atoms in total. The van der Waals surface area contributed by atoms with E-state index < -0.39 is 0 Å². The van der Waals surface area contributed by atoms with E-state index in [0.29, 0.717) is 6.54 Å². The first-order valence-corrected chi connectivity index (χ1v) is 7.63. The molecular weight excluding hydrogens is 242 g/mol. The van der Waals surface area contributed by atoms with Gasteiger partial charge < -0.3 is 10.6 Å². The van der Waals surface area contributed by atoms with E-state index >= 15 is 0 Å². The molecule has 0 radical (unpaired) electrons. The molecule has 0 saturated carbocycles. The number of hydrogen-bond acceptors (Lipinski definition) is 4. The molecule has 0 aromatic carbocycles. The molecule has 2 rings (SSSR count). The average Bonchev–Trinajstić information content (AvgIpc) is 2.79. The summed E-state index contributed by atoms with van der Waals surface area (Å²) in [6.45, 7) is 5.52. The molecule has 2 heterocycles. The Kier molecular flexibility index (Phi) is 5.18. The van der Waals surface area contributed by atoms with Crippen LogP contribution in [0.15, 0.2) is 12.1 Å². The van der Waals surface area contributed by atoms with Gasteiger partial charge in [0.25, 0.3) is 0 Å². The van der Waals surface area contributed by atoms with Crippen molar-refractivity contribution in [1.82, 2.24) is 9.80 Å². The third kappa shape index (κ3) is 4.05. The van der Waals surface area contributed by atoms with Gasteiger partial charge in [-0.05, 0) is 58.1 Å². The number of nitrogens with zero attached hydrogens (tertiary/aromatic N) is 2. The SMILES string of the molecule is CN(C)CC1CCN(Cc2ccc(CN)s2)CC1. The Hall–Kier alpha value is -0.420. The van der Waals surface area contributed by atoms with Gasteiger partial charge in [-0.25, -0.2) is 0 Å². The minimum atomic E-state index is 0.676. The van der Waals surface area contributed by atoms with Gasteiger partial charge in [-0.3, -0.25) is 4.90 Å². The average molecular weight is 267 g/mol. The summed E-state index contributed by atoms with van der Waals surface area (Å²) in [6.07, 6.45) is 2.68. The Bertz CT molecular complexity index is 354. The van der Waals surface area contributed by atoms with E-state index in [2.05, 4.69) is 36.0 Å². The molecule has 18 heavy (non-hydrogen) atoms. The Morgan fingerprint density at radius 2 is 1.94 bits per heavy atom. The molecule has 2 N–H and O–H groups in total. The van der Waals surface area contributed by atoms with Crippen molar-refractivity contribution in [1.29, 1.82) is 0 Å². The molecule has 0 bridgehead atoms. The molecule has 1 fully saturated rings. The summed E-state index contributed by atoms with van der Waals surface area (Å²) < 4.78 is 0. The lowest BCUT2D eigenvalue weighted by molar-refractivity contribution is 0.158. The first-order chi connectivity index (χ1) is 8.67. The lowest BCUT2D eigenvalue weighted by atomic mass is 9.96. The van der Waals surface area contributed by atoms with Crippen molar-refractivity contribution in [3.8, 4) is 0 Å². The monoisotopic (exact) mass is 267 g/mol. The van der Waals surface area contributed by atoms with Crippen molar-refractivity contribution in [3.63, 3.8) is 0 Å². The Balaban J connectivity index is 1.76. The van der Waals surface area contributed by atoms with Crippen molar-refractivity contribution in [2.45, 2.75) is 25.9 Å². The number of likely N-dealkylation sites (tertiary alicyclic amines) is 1. The van der Waals surface area contributed by atoms with Crippen molar-refractivity contribution in [3.05, 3.63) is 21.9 Å². The normalized spacial score (nSPS) is 18.7. The first-order valence-electron chi connectivity index (χ1n) is 6.82. The van der Waals surface area contributed by atoms with Gasteiger partial charge in [0.05, 0.1) is 0 Å². The van der Waals surface area contributed by atoms with Crippen LogP contribution in [-0.2, 0) is 13.1 Å². The van der Waals surface area contributed by atoms with E-state index in [1.54, 1.807) is 0 Å². The van der Waals surface area contributed by atoms with Crippen molar-refractivity contribution >= 4 is 11.3 Å². The van der Waals surface area contributed by atoms with Crippen LogP contribution in [0.3, 0.4) is 0 Å². The van der Waals surface area contributed by atoms with Gasteiger partial charge in [0.2, 0.25) is 0 Å². The van der Waals surface area contributed by atoms with Crippen LogP contribution in [0.4, 0.5) is 0 Å². The summed E-state index contributed by atoms with van der Waals surface area (Å²) in [5, 5.41) is 0. The van der Waals surface area contributed by atoms with E-state index in [0.717, 1.165) is 12.5 Å². The van der Waals surface area contributed by atoms with Crippen LogP contribution in [0, 0.1) is 5.92 Å². The summed E-state index contributed by atoms with van der Waals surface area (Å²) in [7, 11) is 4.35. The lowest BCUT2D eigenvalue weighted by Crippen LogP contribution is -2.36. The number of nitrogens with two attached hydrogens (primary N) is 1. The van der Waals surface area contributed by atoms with Crippen LogP contribution in [0.5, 0.6) is 0 Å². The van der Waals surface area contributed by atoms with Crippen molar-refractivity contribution < 1.29 is 0 Å². The Morgan fingerprint density at radius 3 is 2.50 bits per heavy atom. The highest BCUT2D eigenvalue weighted by Crippen LogP contribution is 2.22. The molecule has 0 amide bonds. The molecule has 1 aliphatic heterocycles. The zero-order valence-corrected chi connectivity index (χ0v) is 12.4. The zero-order chi connectivity index (χ0) is 13.0. The smallest absolute Gasteiger partial charge is 0.0328 e. The van der Waals surface area contributed by atoms with Crippen LogP contribution in [-0.4, -0.2) is 43.5 Å². The highest BCUT2D eigenvalue weighted by atomic mass is 32.1. The second kappa shape index (κ2) is 6.66. The van der Waals surface area contributed by atoms with Crippen LogP contribution in [0.25, 0.3) is 0 Å². The van der Waals surface area contributed by atoms with E-state index in [9.17, 15) is 0 Å². The molecule has 1 aromatic rings. The third-order valence-corrected chi connectivity index (χ3v) is 4.72. The Labute approximate surface area is 115 Å². The fourth-order valence-corrected chi connectivity index (χ4v) is 3.62. The van der Waals surface area contributed by atoms with Gasteiger partial charge in [0.15, 0.2) is 0 Å². The van der Waals surface area contributed by atoms with Gasteiger partial charge in [0.1, 0.15) is 0 Å². The summed E-state index contributed by atoms with van der Waals surface area (Å²) in [5.74, 6) is 0.888. The molecule has 0 atom stereocenters. The summed E-state index contributed by atoms with van der Waals surface area (Å²) >= 11 is 1.86. The molecule has 1 aromatic heterocycles. The fourth-order valence-electron chi connectivity index (χ4n) is 2.68. The van der Waals surface area contributed by atoms with Gasteiger partial charge in [-0.15, -0.1) is 11.3 Å². The predicted octanol–water partition coefficient (Wildman–Crippen LogP) is 1.98. The van der Waals surface area contributed by atoms with Crippen molar-refractivity contribution in [2.75, 3.05) is 33.7 Å². The van der Waals surface area contributed by atoms with E-state index in [1.807, 2.05) is 11.3 Å². The zero-order valence-electron chi connectivity index (χ0n) is 11.6. The maximum atomic E-state index is 5.65. The topological polar surface area (TPSA) is 32.5 Å². The number of rotatable bonds is 5. The quantitative estimate of drug-likeness (QED) is 0.885. The molecule has 1 aliphatic rings. The van der Waals surface area contributed by atoms with Gasteiger partial charge in [-0.1, -0.05) is 0 Å². The molecular formula is C14H25N3S. The molecule has 0 spiro atoms. The van der Waals surface area contributed by atoms with Gasteiger partial charge >= 0.3 is 0 Å². The highest BCUT2D eigenvalue weighted by molar-refractivity contribution is 7.11. The molecule has 102 valence electrons. The van der Waals surface area contributed by atoms with Crippen LogP contribution < -0.4 is 5.73 Å². The van der Waals surface area contributed by atoms with Crippen LogP contribution in [0.1, 0.15) is 22.6 Å². The standard InChI is InChI=1S/C14H25N3S/c1-16(2)10-12-5-7-17(8-6-12)11-14-4-3-13(9-15)18-14/h3-4,12H,5-11,15H2,1-2H3. The minimum Gasteiger partial charge on any atom is -0.326 e. The number of piperidine rings is 1. The largest absolute Gasteiger partial charge is 0.326 e. The fraction of sp³-hybridized carbons (Fsp3) is 0.714. The second-order valence-corrected chi connectivity index (χ2v) is 6.81. The molecule has 4 heteroatoms. The van der Waals surface area contributed by atoms with Gasteiger partial charge in [0, 0.05) is 29.4 Å². The van der Waals surface area contributed by atoms with Crippen LogP contribution >= 0.6 is 11.3 Å². The number of hydrogen-bond donors (Lipinski definition) is 1. The summed E-state index contributed by atoms with van der Waals surface area (Å²) in [5.41, 5.74) is 5.65. The molecule has 0 aliphatic carbocycles. The van der Waals surface area contributed by atoms with Crippen LogP contribution in [0.2, 0.25) is 0 Å². The number of thiophene rings is 1. The predicted molar refractivity (Wildman–Crippen MR) is 78.8 cm³/mol. The first kappa shape index (κ1) is 14.0.